The molecule has 0 unspecified atom stereocenters. The van der Waals surface area contributed by atoms with Gasteiger partial charge in [-0.25, -0.2) is 0 Å². The van der Waals surface area contributed by atoms with E-state index in [0.29, 0.717) is 18.7 Å². The van der Waals surface area contributed by atoms with Gasteiger partial charge in [0.2, 0.25) is 5.92 Å². The van der Waals surface area contributed by atoms with Gasteiger partial charge >= 0.3 is 11.9 Å². The van der Waals surface area contributed by atoms with Gasteiger partial charge in [-0.15, -0.1) is 0 Å². The number of hydrogen-bond donors (Lipinski definition) is 0. The predicted molar refractivity (Wildman–Crippen MR) is 96.5 cm³/mol. The van der Waals surface area contributed by atoms with Gasteiger partial charge in [-0.05, 0) is 24.1 Å². The maximum absolute atomic E-state index is 13.0. The van der Waals surface area contributed by atoms with E-state index in [2.05, 4.69) is 9.47 Å². The topological polar surface area (TPSA) is 72.9 Å². The largest absolute Gasteiger partial charge is 0.468 e. The molecule has 0 radical (unpaired) electrons. The molecular weight excluding hydrogens is 334 g/mol. The molecule has 0 aliphatic heterocycles. The molecule has 26 heavy (non-hydrogen) atoms. The zero-order chi connectivity index (χ0) is 18.9. The highest BCUT2D eigenvalue weighted by Crippen LogP contribution is 2.19. The molecule has 0 bridgehead atoms. The molecule has 1 amide bonds. The summed E-state index contributed by atoms with van der Waals surface area (Å²) >= 11 is 0. The molecule has 0 heterocycles. The molecule has 0 N–H and O–H groups in total. The highest BCUT2D eigenvalue weighted by molar-refractivity contribution is 6.18. The van der Waals surface area contributed by atoms with Crippen molar-refractivity contribution >= 4 is 23.5 Å². The number of nitrogens with zero attached hydrogens (tertiary/aromatic N) is 1. The van der Waals surface area contributed by atoms with Crippen LogP contribution in [0, 0.1) is 5.92 Å². The van der Waals surface area contributed by atoms with Crippen molar-refractivity contribution in [1.29, 1.82) is 0 Å². The van der Waals surface area contributed by atoms with Gasteiger partial charge < -0.3 is 14.4 Å². The normalized spacial score (nSPS) is 10.3. The summed E-state index contributed by atoms with van der Waals surface area (Å²) < 4.78 is 9.24. The number of anilines is 1. The fourth-order valence-electron chi connectivity index (χ4n) is 2.55. The van der Waals surface area contributed by atoms with Gasteiger partial charge in [0.05, 0.1) is 14.2 Å². The van der Waals surface area contributed by atoms with Crippen molar-refractivity contribution in [3.05, 3.63) is 66.2 Å². The number of amides is 1. The van der Waals surface area contributed by atoms with Crippen LogP contribution in [-0.4, -0.2) is 38.6 Å². The fourth-order valence-corrected chi connectivity index (χ4v) is 2.55. The van der Waals surface area contributed by atoms with Crippen LogP contribution in [0.3, 0.4) is 0 Å². The SMILES string of the molecule is COC(=O)C(C(=O)OC)C(=O)N(CCc1ccccc1)c1ccccc1. The van der Waals surface area contributed by atoms with Crippen LogP contribution in [0.15, 0.2) is 60.7 Å². The van der Waals surface area contributed by atoms with E-state index in [-0.39, 0.29) is 0 Å². The quantitative estimate of drug-likeness (QED) is 0.562. The molecule has 0 saturated heterocycles. The van der Waals surface area contributed by atoms with E-state index >= 15 is 0 Å². The van der Waals surface area contributed by atoms with E-state index < -0.39 is 23.8 Å². The van der Waals surface area contributed by atoms with Crippen LogP contribution in [0.1, 0.15) is 5.56 Å². The zero-order valence-corrected chi connectivity index (χ0v) is 14.8. The summed E-state index contributed by atoms with van der Waals surface area (Å²) in [6, 6.07) is 18.5. The van der Waals surface area contributed by atoms with Gasteiger partial charge in [-0.1, -0.05) is 48.5 Å². The van der Waals surface area contributed by atoms with Crippen molar-refractivity contribution in [2.45, 2.75) is 6.42 Å². The van der Waals surface area contributed by atoms with Crippen molar-refractivity contribution in [2.75, 3.05) is 25.7 Å². The minimum atomic E-state index is -1.65. The third-order valence-electron chi connectivity index (χ3n) is 3.92. The zero-order valence-electron chi connectivity index (χ0n) is 14.8. The molecule has 0 aliphatic rings. The van der Waals surface area contributed by atoms with E-state index in [0.717, 1.165) is 19.8 Å². The lowest BCUT2D eigenvalue weighted by molar-refractivity contribution is -0.161. The molecule has 2 aromatic carbocycles. The summed E-state index contributed by atoms with van der Waals surface area (Å²) in [6.45, 7) is 0.303. The molecule has 0 atom stereocenters. The Bertz CT molecular complexity index is 729. The molecule has 0 spiro atoms. The lowest BCUT2D eigenvalue weighted by atomic mass is 10.1. The fraction of sp³-hybridized carbons (Fsp3) is 0.250. The molecule has 0 aromatic heterocycles. The average molecular weight is 355 g/mol. The maximum atomic E-state index is 13.0. The van der Waals surface area contributed by atoms with Crippen molar-refractivity contribution in [3.63, 3.8) is 0 Å². The van der Waals surface area contributed by atoms with Crippen LogP contribution in [0.5, 0.6) is 0 Å². The van der Waals surface area contributed by atoms with Gasteiger partial charge in [-0.3, -0.25) is 14.4 Å². The number of para-hydroxylation sites is 1. The van der Waals surface area contributed by atoms with Crippen LogP contribution in [-0.2, 0) is 30.3 Å². The van der Waals surface area contributed by atoms with Gasteiger partial charge in [0.25, 0.3) is 5.91 Å². The number of benzene rings is 2. The Morgan fingerprint density at radius 2 is 1.35 bits per heavy atom. The lowest BCUT2D eigenvalue weighted by Gasteiger charge is -2.25. The van der Waals surface area contributed by atoms with Gasteiger partial charge in [0.15, 0.2) is 0 Å². The first-order valence-corrected chi connectivity index (χ1v) is 8.14. The van der Waals surface area contributed by atoms with Crippen LogP contribution >= 0.6 is 0 Å². The van der Waals surface area contributed by atoms with E-state index in [9.17, 15) is 14.4 Å². The number of ether oxygens (including phenoxy) is 2. The third kappa shape index (κ3) is 4.69. The Hall–Kier alpha value is -3.15. The smallest absolute Gasteiger partial charge is 0.329 e. The number of hydrogen-bond acceptors (Lipinski definition) is 5. The Balaban J connectivity index is 2.31. The van der Waals surface area contributed by atoms with E-state index in [1.165, 1.54) is 4.90 Å². The first-order valence-electron chi connectivity index (χ1n) is 8.14. The van der Waals surface area contributed by atoms with E-state index in [1.54, 1.807) is 24.3 Å². The second-order valence-corrected chi connectivity index (χ2v) is 5.54. The minimum absolute atomic E-state index is 0.303. The molecule has 136 valence electrons. The van der Waals surface area contributed by atoms with Crippen molar-refractivity contribution in [2.24, 2.45) is 5.92 Å². The standard InChI is InChI=1S/C20H21NO5/c1-25-19(23)17(20(24)26-2)18(22)21(16-11-7-4-8-12-16)14-13-15-9-5-3-6-10-15/h3-12,17H,13-14H2,1-2H3. The number of carbonyl (C=O) groups is 3. The van der Waals surface area contributed by atoms with Gasteiger partial charge in [0, 0.05) is 12.2 Å². The molecule has 6 heteroatoms. The van der Waals surface area contributed by atoms with Gasteiger partial charge in [0.1, 0.15) is 0 Å². The number of rotatable bonds is 7. The monoisotopic (exact) mass is 355 g/mol. The number of carbonyl (C=O) groups excluding carboxylic acids is 3. The molecule has 2 aromatic rings. The summed E-state index contributed by atoms with van der Waals surface area (Å²) in [7, 11) is 2.25. The highest BCUT2D eigenvalue weighted by atomic mass is 16.5. The molecule has 2 rings (SSSR count). The number of methoxy groups -OCH3 is 2. The lowest BCUT2D eigenvalue weighted by Crippen LogP contribution is -2.45. The predicted octanol–water partition coefficient (Wildman–Crippen LogP) is 2.22. The first kappa shape index (κ1) is 19.2. The second-order valence-electron chi connectivity index (χ2n) is 5.54. The average Bonchev–Trinajstić information content (AvgIpc) is 2.69. The van der Waals surface area contributed by atoms with Crippen LogP contribution < -0.4 is 4.90 Å². The van der Waals surface area contributed by atoms with Crippen LogP contribution in [0.25, 0.3) is 0 Å². The molecule has 6 nitrogen and oxygen atoms in total. The first-order chi connectivity index (χ1) is 12.6. The summed E-state index contributed by atoms with van der Waals surface area (Å²) in [4.78, 5) is 38.4. The maximum Gasteiger partial charge on any atom is 0.329 e. The molecule has 0 fully saturated rings. The Morgan fingerprint density at radius 1 is 0.846 bits per heavy atom. The van der Waals surface area contributed by atoms with Crippen LogP contribution in [0.2, 0.25) is 0 Å². The van der Waals surface area contributed by atoms with Crippen molar-refractivity contribution < 1.29 is 23.9 Å². The Labute approximate surface area is 152 Å². The molecule has 0 aliphatic carbocycles. The molecular formula is C20H21NO5. The summed E-state index contributed by atoms with van der Waals surface area (Å²) in [6.07, 6.45) is 0.566. The second kappa shape index (κ2) is 9.36. The summed E-state index contributed by atoms with van der Waals surface area (Å²) in [5.74, 6) is -4.21. The molecule has 0 saturated carbocycles. The van der Waals surface area contributed by atoms with E-state index in [4.69, 9.17) is 0 Å². The summed E-state index contributed by atoms with van der Waals surface area (Å²) in [5, 5.41) is 0. The third-order valence-corrected chi connectivity index (χ3v) is 3.92. The Morgan fingerprint density at radius 3 is 1.85 bits per heavy atom. The number of esters is 2. The Kier molecular flexibility index (Phi) is 6.91. The highest BCUT2D eigenvalue weighted by Gasteiger charge is 2.39. The van der Waals surface area contributed by atoms with Gasteiger partial charge in [-0.2, -0.15) is 0 Å². The van der Waals surface area contributed by atoms with Crippen LogP contribution in [0.4, 0.5) is 5.69 Å². The van der Waals surface area contributed by atoms with Crippen molar-refractivity contribution in [1.82, 2.24) is 0 Å². The minimum Gasteiger partial charge on any atom is -0.468 e. The van der Waals surface area contributed by atoms with Crippen molar-refractivity contribution in [3.8, 4) is 0 Å². The van der Waals surface area contributed by atoms with E-state index in [1.807, 2.05) is 36.4 Å². The summed E-state index contributed by atoms with van der Waals surface area (Å²) in [5.41, 5.74) is 1.63.